The lowest BCUT2D eigenvalue weighted by atomic mass is 10.0. The van der Waals surface area contributed by atoms with E-state index in [-0.39, 0.29) is 11.9 Å². The number of nitrogens with zero attached hydrogens (tertiary/aromatic N) is 1. The van der Waals surface area contributed by atoms with Gasteiger partial charge in [-0.2, -0.15) is 0 Å². The lowest BCUT2D eigenvalue weighted by Crippen LogP contribution is -2.46. The quantitative estimate of drug-likeness (QED) is 0.874. The van der Waals surface area contributed by atoms with E-state index in [0.29, 0.717) is 11.6 Å². The highest BCUT2D eigenvalue weighted by atomic mass is 79.9. The van der Waals surface area contributed by atoms with Crippen LogP contribution in [0.3, 0.4) is 0 Å². The highest BCUT2D eigenvalue weighted by Crippen LogP contribution is 2.12. The Morgan fingerprint density at radius 1 is 1.59 bits per heavy atom. The average molecular weight is 298 g/mol. The highest BCUT2D eigenvalue weighted by molar-refractivity contribution is 9.10. The van der Waals surface area contributed by atoms with E-state index in [1.807, 2.05) is 0 Å². The first kappa shape index (κ1) is 12.5. The van der Waals surface area contributed by atoms with Crippen molar-refractivity contribution in [1.29, 1.82) is 0 Å². The molecule has 0 aliphatic carbocycles. The molecule has 1 aliphatic rings. The van der Waals surface area contributed by atoms with E-state index < -0.39 is 0 Å². The topological polar surface area (TPSA) is 54.0 Å². The minimum Gasteiger partial charge on any atom is -0.349 e. The smallest absolute Gasteiger partial charge is 0.253 e. The van der Waals surface area contributed by atoms with Gasteiger partial charge in [-0.15, -0.1) is 0 Å². The number of nitrogens with one attached hydrogen (secondary N) is 2. The van der Waals surface area contributed by atoms with Crippen molar-refractivity contribution >= 4 is 21.8 Å². The van der Waals surface area contributed by atoms with Gasteiger partial charge >= 0.3 is 0 Å². The molecule has 1 aromatic heterocycles. The number of piperidine rings is 1. The largest absolute Gasteiger partial charge is 0.349 e. The van der Waals surface area contributed by atoms with Gasteiger partial charge in [0.15, 0.2) is 0 Å². The van der Waals surface area contributed by atoms with Crippen LogP contribution in [-0.2, 0) is 0 Å². The van der Waals surface area contributed by atoms with Gasteiger partial charge in [-0.1, -0.05) is 0 Å². The van der Waals surface area contributed by atoms with E-state index in [0.717, 1.165) is 23.9 Å². The first-order valence-electron chi connectivity index (χ1n) is 5.80. The Morgan fingerprint density at radius 2 is 2.41 bits per heavy atom. The summed E-state index contributed by atoms with van der Waals surface area (Å²) in [5.41, 5.74) is 0.602. The molecule has 17 heavy (non-hydrogen) atoms. The molecule has 1 aromatic rings. The molecular formula is C12H16BrN3O. The molecule has 1 aliphatic heterocycles. The standard InChI is InChI=1S/C12H16BrN3O/c1-8-4-11(2-3-15-8)16-12(17)9-5-10(13)7-14-6-9/h5-8,11,15H,2-4H2,1H3,(H,16,17). The third kappa shape index (κ3) is 3.51. The fourth-order valence-corrected chi connectivity index (χ4v) is 2.43. The van der Waals surface area contributed by atoms with E-state index >= 15 is 0 Å². The molecule has 4 nitrogen and oxygen atoms in total. The van der Waals surface area contributed by atoms with E-state index in [1.54, 1.807) is 18.5 Å². The third-order valence-electron chi connectivity index (χ3n) is 2.93. The summed E-state index contributed by atoms with van der Waals surface area (Å²) >= 11 is 3.31. The fraction of sp³-hybridized carbons (Fsp3) is 0.500. The molecule has 0 bridgehead atoms. The number of carbonyl (C=O) groups is 1. The molecule has 1 saturated heterocycles. The molecule has 92 valence electrons. The summed E-state index contributed by atoms with van der Waals surface area (Å²) in [5, 5.41) is 6.42. The van der Waals surface area contributed by atoms with Crippen LogP contribution in [0.5, 0.6) is 0 Å². The second-order valence-electron chi connectivity index (χ2n) is 4.44. The van der Waals surface area contributed by atoms with Gasteiger partial charge in [0, 0.05) is 29.0 Å². The molecule has 1 amide bonds. The number of hydrogen-bond acceptors (Lipinski definition) is 3. The molecule has 1 fully saturated rings. The van der Waals surface area contributed by atoms with Crippen LogP contribution in [0.4, 0.5) is 0 Å². The van der Waals surface area contributed by atoms with Crippen molar-refractivity contribution in [2.24, 2.45) is 0 Å². The molecule has 0 spiro atoms. The van der Waals surface area contributed by atoms with Crippen LogP contribution in [0, 0.1) is 0 Å². The zero-order chi connectivity index (χ0) is 12.3. The van der Waals surface area contributed by atoms with Gasteiger partial charge in [0.05, 0.1) is 5.56 Å². The van der Waals surface area contributed by atoms with Crippen molar-refractivity contribution < 1.29 is 4.79 Å². The summed E-state index contributed by atoms with van der Waals surface area (Å²) in [6.45, 7) is 3.10. The van der Waals surface area contributed by atoms with Crippen LogP contribution in [0.15, 0.2) is 22.9 Å². The first-order valence-corrected chi connectivity index (χ1v) is 6.59. The summed E-state index contributed by atoms with van der Waals surface area (Å²) in [7, 11) is 0. The molecule has 2 rings (SSSR count). The monoisotopic (exact) mass is 297 g/mol. The van der Waals surface area contributed by atoms with Crippen LogP contribution in [0.25, 0.3) is 0 Å². The number of aromatic nitrogens is 1. The Morgan fingerprint density at radius 3 is 3.12 bits per heavy atom. The summed E-state index contributed by atoms with van der Waals surface area (Å²) in [4.78, 5) is 16.0. The molecule has 0 saturated carbocycles. The SMILES string of the molecule is CC1CC(NC(=O)c2cncc(Br)c2)CCN1. The molecule has 0 radical (unpaired) electrons. The lowest BCUT2D eigenvalue weighted by molar-refractivity contribution is 0.0925. The van der Waals surface area contributed by atoms with Gasteiger partial charge < -0.3 is 10.6 Å². The first-order chi connectivity index (χ1) is 8.15. The van der Waals surface area contributed by atoms with Crippen LogP contribution in [0.2, 0.25) is 0 Å². The van der Waals surface area contributed by atoms with Crippen molar-refractivity contribution in [3.8, 4) is 0 Å². The van der Waals surface area contributed by atoms with Crippen molar-refractivity contribution in [2.45, 2.75) is 31.8 Å². The number of halogens is 1. The van der Waals surface area contributed by atoms with Gasteiger partial charge in [0.2, 0.25) is 0 Å². The van der Waals surface area contributed by atoms with Gasteiger partial charge in [0.25, 0.3) is 5.91 Å². The fourth-order valence-electron chi connectivity index (χ4n) is 2.07. The van der Waals surface area contributed by atoms with Crippen LogP contribution < -0.4 is 10.6 Å². The molecule has 5 heteroatoms. The molecule has 2 unspecified atom stereocenters. The second-order valence-corrected chi connectivity index (χ2v) is 5.36. The molecular weight excluding hydrogens is 282 g/mol. The molecule has 2 atom stereocenters. The predicted octanol–water partition coefficient (Wildman–Crippen LogP) is 1.71. The van der Waals surface area contributed by atoms with Gasteiger partial charge in [-0.25, -0.2) is 0 Å². The van der Waals surface area contributed by atoms with Crippen LogP contribution in [0.1, 0.15) is 30.1 Å². The third-order valence-corrected chi connectivity index (χ3v) is 3.36. The Bertz CT molecular complexity index is 410. The van der Waals surface area contributed by atoms with Crippen LogP contribution in [-0.4, -0.2) is 29.5 Å². The van der Waals surface area contributed by atoms with Gasteiger partial charge in [0.1, 0.15) is 0 Å². The zero-order valence-electron chi connectivity index (χ0n) is 9.74. The Kier molecular flexibility index (Phi) is 4.12. The van der Waals surface area contributed by atoms with E-state index in [9.17, 15) is 4.79 Å². The average Bonchev–Trinajstić information content (AvgIpc) is 2.29. The van der Waals surface area contributed by atoms with E-state index in [1.165, 1.54) is 0 Å². The Balaban J connectivity index is 1.97. The number of amides is 1. The second kappa shape index (κ2) is 5.60. The summed E-state index contributed by atoms with van der Waals surface area (Å²) in [6, 6.07) is 2.51. The number of hydrogen-bond donors (Lipinski definition) is 2. The van der Waals surface area contributed by atoms with E-state index in [2.05, 4.69) is 38.5 Å². The summed E-state index contributed by atoms with van der Waals surface area (Å²) in [5.74, 6) is -0.0436. The summed E-state index contributed by atoms with van der Waals surface area (Å²) < 4.78 is 0.823. The number of carbonyl (C=O) groups excluding carboxylic acids is 1. The van der Waals surface area contributed by atoms with Crippen molar-refractivity contribution in [2.75, 3.05) is 6.54 Å². The normalized spacial score (nSPS) is 24.4. The minimum absolute atomic E-state index is 0.0436. The number of rotatable bonds is 2. The summed E-state index contributed by atoms with van der Waals surface area (Å²) in [6.07, 6.45) is 5.22. The highest BCUT2D eigenvalue weighted by Gasteiger charge is 2.20. The van der Waals surface area contributed by atoms with Gasteiger partial charge in [-0.3, -0.25) is 9.78 Å². The Labute approximate surface area is 109 Å². The lowest BCUT2D eigenvalue weighted by Gasteiger charge is -2.28. The van der Waals surface area contributed by atoms with Gasteiger partial charge in [-0.05, 0) is 48.3 Å². The van der Waals surface area contributed by atoms with E-state index in [4.69, 9.17) is 0 Å². The predicted molar refractivity (Wildman–Crippen MR) is 69.9 cm³/mol. The molecule has 2 heterocycles. The van der Waals surface area contributed by atoms with Crippen molar-refractivity contribution in [3.63, 3.8) is 0 Å². The maximum absolute atomic E-state index is 12.0. The molecule has 0 aromatic carbocycles. The Hall–Kier alpha value is -0.940. The maximum Gasteiger partial charge on any atom is 0.253 e. The van der Waals surface area contributed by atoms with Crippen LogP contribution >= 0.6 is 15.9 Å². The van der Waals surface area contributed by atoms with Crippen molar-refractivity contribution in [3.05, 3.63) is 28.5 Å². The minimum atomic E-state index is -0.0436. The number of pyridine rings is 1. The zero-order valence-corrected chi connectivity index (χ0v) is 11.3. The van der Waals surface area contributed by atoms with Crippen molar-refractivity contribution in [1.82, 2.24) is 15.6 Å². The maximum atomic E-state index is 12.0. The molecule has 2 N–H and O–H groups in total.